The van der Waals surface area contributed by atoms with Crippen LogP contribution in [-0.4, -0.2) is 39.5 Å². The van der Waals surface area contributed by atoms with Gasteiger partial charge in [0.1, 0.15) is 12.4 Å². The van der Waals surface area contributed by atoms with Crippen LogP contribution in [0.1, 0.15) is 5.56 Å². The zero-order chi connectivity index (χ0) is 16.3. The molecule has 6 nitrogen and oxygen atoms in total. The number of rotatable bonds is 3. The summed E-state index contributed by atoms with van der Waals surface area (Å²) in [6.07, 6.45) is 0. The van der Waals surface area contributed by atoms with Gasteiger partial charge in [-0.05, 0) is 53.3 Å². The number of carbonyl (C=O) groups excluding carboxylic acids is 2. The van der Waals surface area contributed by atoms with Gasteiger partial charge in [0.2, 0.25) is 0 Å². The summed E-state index contributed by atoms with van der Waals surface area (Å²) in [7, 11) is 2.54. The third-order valence-corrected chi connectivity index (χ3v) is 4.50. The number of carbonyl (C=O) groups is 2. The molecule has 0 bridgehead atoms. The van der Waals surface area contributed by atoms with E-state index in [2.05, 4.69) is 22.6 Å². The monoisotopic (exact) mass is 417 g/mol. The van der Waals surface area contributed by atoms with Crippen molar-refractivity contribution in [1.82, 2.24) is 0 Å². The lowest BCUT2D eigenvalue weighted by atomic mass is 10.1. The predicted molar refractivity (Wildman–Crippen MR) is 88.3 cm³/mol. The molecule has 1 heterocycles. The first kappa shape index (κ1) is 16.8. The second-order valence-corrected chi connectivity index (χ2v) is 5.81. The largest absolute Gasteiger partial charge is 0.466 e. The van der Waals surface area contributed by atoms with Crippen LogP contribution in [0.5, 0.6) is 0 Å². The molecular formula is C15H16INO5. The number of halogens is 1. The lowest BCUT2D eigenvalue weighted by molar-refractivity contribution is -0.140. The SMILES string of the molecule is COC(=O)C1=C(C(=O)OC)N(c2ccc(I)c(C)c2)COC1. The Morgan fingerprint density at radius 3 is 2.50 bits per heavy atom. The van der Waals surface area contributed by atoms with Crippen molar-refractivity contribution in [3.05, 3.63) is 38.6 Å². The minimum absolute atomic E-state index is 0.0109. The van der Waals surface area contributed by atoms with Crippen LogP contribution in [0.4, 0.5) is 5.69 Å². The Morgan fingerprint density at radius 1 is 1.23 bits per heavy atom. The minimum atomic E-state index is -0.604. The molecule has 118 valence electrons. The van der Waals surface area contributed by atoms with Crippen LogP contribution in [-0.2, 0) is 23.8 Å². The Kier molecular flexibility index (Phi) is 5.41. The Bertz CT molecular complexity index is 641. The first-order valence-electron chi connectivity index (χ1n) is 6.50. The highest BCUT2D eigenvalue weighted by molar-refractivity contribution is 14.1. The molecule has 0 saturated carbocycles. The van der Waals surface area contributed by atoms with E-state index in [4.69, 9.17) is 14.2 Å². The van der Waals surface area contributed by atoms with Crippen molar-refractivity contribution in [1.29, 1.82) is 0 Å². The summed E-state index contributed by atoms with van der Waals surface area (Å²) in [6.45, 7) is 2.14. The summed E-state index contributed by atoms with van der Waals surface area (Å²) in [4.78, 5) is 25.7. The van der Waals surface area contributed by atoms with E-state index in [0.717, 1.165) is 14.8 Å². The average Bonchev–Trinajstić information content (AvgIpc) is 2.55. The van der Waals surface area contributed by atoms with Crippen molar-refractivity contribution >= 4 is 40.2 Å². The lowest BCUT2D eigenvalue weighted by Gasteiger charge is -2.31. The zero-order valence-corrected chi connectivity index (χ0v) is 14.7. The molecule has 0 unspecified atom stereocenters. The normalized spacial score (nSPS) is 14.8. The van der Waals surface area contributed by atoms with E-state index in [9.17, 15) is 9.59 Å². The fourth-order valence-corrected chi connectivity index (χ4v) is 2.48. The molecule has 0 spiro atoms. The van der Waals surface area contributed by atoms with Crippen molar-refractivity contribution in [2.45, 2.75) is 6.92 Å². The van der Waals surface area contributed by atoms with E-state index in [1.807, 2.05) is 25.1 Å². The van der Waals surface area contributed by atoms with Crippen LogP contribution in [0.3, 0.4) is 0 Å². The van der Waals surface area contributed by atoms with Crippen LogP contribution in [0, 0.1) is 10.5 Å². The highest BCUT2D eigenvalue weighted by Crippen LogP contribution is 2.28. The summed E-state index contributed by atoms with van der Waals surface area (Å²) in [6, 6.07) is 5.72. The number of esters is 2. The first-order chi connectivity index (χ1) is 10.5. The van der Waals surface area contributed by atoms with Crippen LogP contribution in [0.15, 0.2) is 29.5 Å². The average molecular weight is 417 g/mol. The Balaban J connectivity index is 2.54. The third-order valence-electron chi connectivity index (χ3n) is 3.29. The number of aryl methyl sites for hydroxylation is 1. The molecule has 0 atom stereocenters. The van der Waals surface area contributed by atoms with Crippen LogP contribution >= 0.6 is 22.6 Å². The molecule has 0 radical (unpaired) electrons. The van der Waals surface area contributed by atoms with E-state index in [0.29, 0.717) is 0 Å². The van der Waals surface area contributed by atoms with Gasteiger partial charge in [0, 0.05) is 9.26 Å². The van der Waals surface area contributed by atoms with Crippen molar-refractivity contribution in [3.63, 3.8) is 0 Å². The molecule has 0 fully saturated rings. The van der Waals surface area contributed by atoms with Gasteiger partial charge >= 0.3 is 11.9 Å². The molecule has 0 aliphatic carbocycles. The van der Waals surface area contributed by atoms with Crippen LogP contribution in [0.25, 0.3) is 0 Å². The van der Waals surface area contributed by atoms with Crippen molar-refractivity contribution in [2.24, 2.45) is 0 Å². The molecular weight excluding hydrogens is 401 g/mol. The fourth-order valence-electron chi connectivity index (χ4n) is 2.14. The third kappa shape index (κ3) is 3.25. The molecule has 0 saturated heterocycles. The summed E-state index contributed by atoms with van der Waals surface area (Å²) < 4.78 is 16.1. The molecule has 0 N–H and O–H groups in total. The lowest BCUT2D eigenvalue weighted by Crippen LogP contribution is -2.38. The zero-order valence-electron chi connectivity index (χ0n) is 12.5. The van der Waals surface area contributed by atoms with E-state index in [-0.39, 0.29) is 24.6 Å². The first-order valence-corrected chi connectivity index (χ1v) is 7.58. The Labute approximate surface area is 142 Å². The van der Waals surface area contributed by atoms with E-state index in [1.54, 1.807) is 4.90 Å². The fraction of sp³-hybridized carbons (Fsp3) is 0.333. The van der Waals surface area contributed by atoms with Gasteiger partial charge in [-0.1, -0.05) is 0 Å². The maximum Gasteiger partial charge on any atom is 0.355 e. The van der Waals surface area contributed by atoms with Crippen LogP contribution < -0.4 is 4.90 Å². The topological polar surface area (TPSA) is 65.1 Å². The molecule has 1 aromatic rings. The number of nitrogens with zero attached hydrogens (tertiary/aromatic N) is 1. The molecule has 1 aromatic carbocycles. The second kappa shape index (κ2) is 7.10. The molecule has 22 heavy (non-hydrogen) atoms. The molecule has 2 rings (SSSR count). The number of anilines is 1. The second-order valence-electron chi connectivity index (χ2n) is 4.65. The highest BCUT2D eigenvalue weighted by atomic mass is 127. The summed E-state index contributed by atoms with van der Waals surface area (Å²) in [5.41, 5.74) is 2.12. The number of methoxy groups -OCH3 is 2. The standard InChI is InChI=1S/C15H16INO5/c1-9-6-10(4-5-12(9)16)17-8-22-7-11(14(18)20-2)13(17)15(19)21-3/h4-6H,7-8H2,1-3H3. The van der Waals surface area contributed by atoms with Crippen molar-refractivity contribution < 1.29 is 23.8 Å². The Hall–Kier alpha value is -1.61. The molecule has 0 aromatic heterocycles. The summed E-state index contributed by atoms with van der Waals surface area (Å²) in [5.74, 6) is -1.20. The van der Waals surface area contributed by atoms with Gasteiger partial charge in [0.25, 0.3) is 0 Å². The van der Waals surface area contributed by atoms with Gasteiger partial charge in [-0.3, -0.25) is 0 Å². The van der Waals surface area contributed by atoms with Gasteiger partial charge in [0.05, 0.1) is 26.4 Å². The van der Waals surface area contributed by atoms with E-state index in [1.165, 1.54) is 14.2 Å². The summed E-state index contributed by atoms with van der Waals surface area (Å²) in [5, 5.41) is 0. The maximum atomic E-state index is 12.1. The molecule has 1 aliphatic heterocycles. The van der Waals surface area contributed by atoms with Gasteiger partial charge in [-0.15, -0.1) is 0 Å². The highest BCUT2D eigenvalue weighted by Gasteiger charge is 2.32. The van der Waals surface area contributed by atoms with Crippen molar-refractivity contribution in [3.8, 4) is 0 Å². The Morgan fingerprint density at radius 2 is 1.91 bits per heavy atom. The number of hydrogen-bond acceptors (Lipinski definition) is 6. The maximum absolute atomic E-state index is 12.1. The van der Waals surface area contributed by atoms with Gasteiger partial charge in [0.15, 0.2) is 0 Å². The molecule has 1 aliphatic rings. The number of benzene rings is 1. The van der Waals surface area contributed by atoms with Crippen molar-refractivity contribution in [2.75, 3.05) is 32.5 Å². The quantitative estimate of drug-likeness (QED) is 0.554. The van der Waals surface area contributed by atoms with Gasteiger partial charge in [-0.2, -0.15) is 0 Å². The van der Waals surface area contributed by atoms with Gasteiger partial charge in [-0.25, -0.2) is 9.59 Å². The van der Waals surface area contributed by atoms with Gasteiger partial charge < -0.3 is 19.1 Å². The van der Waals surface area contributed by atoms with E-state index < -0.39 is 11.9 Å². The van der Waals surface area contributed by atoms with Crippen LogP contribution in [0.2, 0.25) is 0 Å². The predicted octanol–water partition coefficient (Wildman–Crippen LogP) is 1.99. The number of ether oxygens (including phenoxy) is 3. The smallest absolute Gasteiger partial charge is 0.355 e. The molecule has 0 amide bonds. The number of hydrogen-bond donors (Lipinski definition) is 0. The minimum Gasteiger partial charge on any atom is -0.466 e. The summed E-state index contributed by atoms with van der Waals surface area (Å²) >= 11 is 2.23. The van der Waals surface area contributed by atoms with E-state index >= 15 is 0 Å². The molecule has 7 heteroatoms.